The molecule has 5 rings (SSSR count). The summed E-state index contributed by atoms with van der Waals surface area (Å²) >= 11 is 0. The van der Waals surface area contributed by atoms with Crippen molar-refractivity contribution >= 4 is 27.7 Å². The minimum absolute atomic E-state index is 0.200. The van der Waals surface area contributed by atoms with Crippen molar-refractivity contribution in [1.29, 1.82) is 0 Å². The Hall–Kier alpha value is -3.62. The number of carbonyl (C=O) groups is 1. The molecule has 33 heavy (non-hydrogen) atoms. The predicted molar refractivity (Wildman–Crippen MR) is 124 cm³/mol. The third kappa shape index (κ3) is 4.48. The van der Waals surface area contributed by atoms with Gasteiger partial charge < -0.3 is 14.8 Å². The van der Waals surface area contributed by atoms with E-state index in [1.54, 1.807) is 42.5 Å². The van der Waals surface area contributed by atoms with Crippen molar-refractivity contribution in [2.75, 3.05) is 18.7 Å². The molecule has 0 fully saturated rings. The van der Waals surface area contributed by atoms with Gasteiger partial charge in [-0.05, 0) is 65.6 Å². The minimum Gasteiger partial charge on any atom is -0.454 e. The van der Waals surface area contributed by atoms with E-state index in [-0.39, 0.29) is 24.1 Å². The predicted octanol–water partition coefficient (Wildman–Crippen LogP) is 3.81. The Morgan fingerprint density at radius 2 is 1.76 bits per heavy atom. The average Bonchev–Trinajstić information content (AvgIpc) is 3.31. The molecule has 8 heteroatoms. The van der Waals surface area contributed by atoms with Crippen LogP contribution >= 0.6 is 0 Å². The van der Waals surface area contributed by atoms with E-state index in [4.69, 9.17) is 9.47 Å². The van der Waals surface area contributed by atoms with Gasteiger partial charge in [-0.3, -0.25) is 4.79 Å². The van der Waals surface area contributed by atoms with Gasteiger partial charge in [-0.2, -0.15) is 4.31 Å². The number of fused-ring (bicyclic) bond motifs is 2. The number of carbonyl (C=O) groups excluding carboxylic acids is 1. The van der Waals surface area contributed by atoms with Gasteiger partial charge in [0.15, 0.2) is 11.5 Å². The first-order valence-electron chi connectivity index (χ1n) is 10.5. The van der Waals surface area contributed by atoms with Crippen LogP contribution in [-0.2, 0) is 27.8 Å². The van der Waals surface area contributed by atoms with E-state index in [9.17, 15) is 13.2 Å². The van der Waals surface area contributed by atoms with Gasteiger partial charge in [0.05, 0.1) is 4.90 Å². The van der Waals surface area contributed by atoms with Crippen LogP contribution in [0, 0.1) is 0 Å². The summed E-state index contributed by atoms with van der Waals surface area (Å²) in [6.07, 6.45) is 3.77. The first-order valence-corrected chi connectivity index (χ1v) is 12.0. The maximum absolute atomic E-state index is 13.0. The second-order valence-electron chi connectivity index (χ2n) is 7.82. The maximum atomic E-state index is 13.0. The lowest BCUT2D eigenvalue weighted by Gasteiger charge is -2.28. The second-order valence-corrected chi connectivity index (χ2v) is 9.76. The van der Waals surface area contributed by atoms with Gasteiger partial charge in [-0.25, -0.2) is 8.42 Å². The van der Waals surface area contributed by atoms with E-state index >= 15 is 0 Å². The average molecular weight is 463 g/mol. The zero-order valence-corrected chi connectivity index (χ0v) is 18.5. The molecule has 0 spiro atoms. The third-order valence-corrected chi connectivity index (χ3v) is 7.52. The van der Waals surface area contributed by atoms with E-state index in [1.165, 1.54) is 10.4 Å². The maximum Gasteiger partial charge on any atom is 0.248 e. The molecule has 168 valence electrons. The summed E-state index contributed by atoms with van der Waals surface area (Å²) in [6, 6.07) is 19.5. The highest BCUT2D eigenvalue weighted by Crippen LogP contribution is 2.33. The molecule has 2 aliphatic rings. The van der Waals surface area contributed by atoms with Gasteiger partial charge >= 0.3 is 0 Å². The molecule has 0 aromatic heterocycles. The molecule has 1 amide bonds. The molecule has 3 aromatic carbocycles. The fraction of sp³-hybridized carbons (Fsp3) is 0.160. The van der Waals surface area contributed by atoms with Crippen LogP contribution in [-0.4, -0.2) is 32.0 Å². The van der Waals surface area contributed by atoms with Crippen molar-refractivity contribution in [3.8, 4) is 11.5 Å². The molecule has 0 bridgehead atoms. The standard InChI is InChI=1S/C25H22N2O5S/c28-25(11-7-18-6-10-23-24(14-18)32-17-31-23)26-21-9-8-19-12-13-27(16-20(19)15-21)33(29,30)22-4-2-1-3-5-22/h1-11,14-15H,12-13,16-17H2,(H,26,28)/b11-7+. The molecule has 0 saturated heterocycles. The first-order chi connectivity index (χ1) is 16.0. The van der Waals surface area contributed by atoms with Crippen LogP contribution < -0.4 is 14.8 Å². The molecule has 0 saturated carbocycles. The van der Waals surface area contributed by atoms with E-state index in [1.807, 2.05) is 30.3 Å². The fourth-order valence-electron chi connectivity index (χ4n) is 3.93. The van der Waals surface area contributed by atoms with Crippen LogP contribution in [0.2, 0.25) is 0 Å². The minimum atomic E-state index is -3.57. The Kier molecular flexibility index (Phi) is 5.62. The molecule has 2 heterocycles. The largest absolute Gasteiger partial charge is 0.454 e. The van der Waals surface area contributed by atoms with Crippen LogP contribution in [0.25, 0.3) is 6.08 Å². The topological polar surface area (TPSA) is 84.9 Å². The number of anilines is 1. The van der Waals surface area contributed by atoms with Gasteiger partial charge in [0, 0.05) is 24.9 Å². The SMILES string of the molecule is O=C(/C=C/c1ccc2c(c1)OCO2)Nc1ccc2c(c1)CN(S(=O)(=O)c1ccccc1)CC2. The summed E-state index contributed by atoms with van der Waals surface area (Å²) in [5.41, 5.74) is 3.41. The van der Waals surface area contributed by atoms with Gasteiger partial charge in [0.1, 0.15) is 0 Å². The van der Waals surface area contributed by atoms with Crippen molar-refractivity contribution in [2.45, 2.75) is 17.9 Å². The molecule has 0 unspecified atom stereocenters. The normalized spacial score (nSPS) is 15.4. The quantitative estimate of drug-likeness (QED) is 0.583. The van der Waals surface area contributed by atoms with Crippen molar-refractivity contribution in [1.82, 2.24) is 4.31 Å². The highest BCUT2D eigenvalue weighted by Gasteiger charge is 2.28. The van der Waals surface area contributed by atoms with Crippen LogP contribution in [0.4, 0.5) is 5.69 Å². The monoisotopic (exact) mass is 462 g/mol. The molecule has 0 atom stereocenters. The Morgan fingerprint density at radius 3 is 2.61 bits per heavy atom. The van der Waals surface area contributed by atoms with Crippen LogP contribution in [0.1, 0.15) is 16.7 Å². The van der Waals surface area contributed by atoms with E-state index in [0.29, 0.717) is 30.2 Å². The summed E-state index contributed by atoms with van der Waals surface area (Å²) in [4.78, 5) is 12.7. The number of sulfonamides is 1. The second kappa shape index (κ2) is 8.73. The van der Waals surface area contributed by atoms with Gasteiger partial charge in [0.25, 0.3) is 0 Å². The van der Waals surface area contributed by atoms with Crippen LogP contribution in [0.5, 0.6) is 11.5 Å². The van der Waals surface area contributed by atoms with Crippen molar-refractivity contribution in [3.05, 3.63) is 89.5 Å². The summed E-state index contributed by atoms with van der Waals surface area (Å²) in [5, 5.41) is 2.85. The molecule has 1 N–H and O–H groups in total. The number of amides is 1. The summed E-state index contributed by atoms with van der Waals surface area (Å²) < 4.78 is 38.1. The molecule has 0 aliphatic carbocycles. The summed E-state index contributed by atoms with van der Waals surface area (Å²) in [7, 11) is -3.57. The van der Waals surface area contributed by atoms with Crippen LogP contribution in [0.3, 0.4) is 0 Å². The van der Waals surface area contributed by atoms with Gasteiger partial charge in [-0.15, -0.1) is 0 Å². The van der Waals surface area contributed by atoms with E-state index < -0.39 is 10.0 Å². The molecule has 7 nitrogen and oxygen atoms in total. The number of hydrogen-bond acceptors (Lipinski definition) is 5. The lowest BCUT2D eigenvalue weighted by Crippen LogP contribution is -2.36. The van der Waals surface area contributed by atoms with Crippen molar-refractivity contribution in [3.63, 3.8) is 0 Å². The Morgan fingerprint density at radius 1 is 0.939 bits per heavy atom. The number of rotatable bonds is 5. The van der Waals surface area contributed by atoms with Gasteiger partial charge in [0.2, 0.25) is 22.7 Å². The molecule has 2 aliphatic heterocycles. The Labute approximate surface area is 192 Å². The number of nitrogens with zero attached hydrogens (tertiary/aromatic N) is 1. The van der Waals surface area contributed by atoms with Gasteiger partial charge in [-0.1, -0.05) is 30.3 Å². The highest BCUT2D eigenvalue weighted by atomic mass is 32.2. The number of hydrogen-bond donors (Lipinski definition) is 1. The smallest absolute Gasteiger partial charge is 0.248 e. The van der Waals surface area contributed by atoms with E-state index in [0.717, 1.165) is 16.7 Å². The molecule has 0 radical (unpaired) electrons. The zero-order valence-electron chi connectivity index (χ0n) is 17.7. The Bertz CT molecular complexity index is 1340. The van der Waals surface area contributed by atoms with Crippen LogP contribution in [0.15, 0.2) is 77.7 Å². The Balaban J connectivity index is 1.28. The number of nitrogens with one attached hydrogen (secondary N) is 1. The first kappa shape index (κ1) is 21.2. The third-order valence-electron chi connectivity index (χ3n) is 5.66. The van der Waals surface area contributed by atoms with E-state index in [2.05, 4.69) is 5.32 Å². The van der Waals surface area contributed by atoms with Crippen molar-refractivity contribution < 1.29 is 22.7 Å². The fourth-order valence-corrected chi connectivity index (χ4v) is 5.37. The molecular formula is C25H22N2O5S. The highest BCUT2D eigenvalue weighted by molar-refractivity contribution is 7.89. The summed E-state index contributed by atoms with van der Waals surface area (Å²) in [5.74, 6) is 1.06. The molecular weight excluding hydrogens is 440 g/mol. The number of benzene rings is 3. The lowest BCUT2D eigenvalue weighted by molar-refractivity contribution is -0.111. The zero-order chi connectivity index (χ0) is 22.8. The molecule has 3 aromatic rings. The summed E-state index contributed by atoms with van der Waals surface area (Å²) in [6.45, 7) is 0.892. The van der Waals surface area contributed by atoms with Crippen molar-refractivity contribution in [2.24, 2.45) is 0 Å². The number of ether oxygens (including phenoxy) is 2. The lowest BCUT2D eigenvalue weighted by atomic mass is 10.0.